The monoisotopic (exact) mass is 396 g/mol. The Morgan fingerprint density at radius 3 is 2.54 bits per heavy atom. The van der Waals surface area contributed by atoms with E-state index in [-0.39, 0.29) is 11.6 Å². The number of thioether (sulfide) groups is 1. The Hall–Kier alpha value is -3.46. The second-order valence-electron chi connectivity index (χ2n) is 5.65. The Balaban J connectivity index is 1.56. The topological polar surface area (TPSA) is 120 Å². The van der Waals surface area contributed by atoms with E-state index in [1.165, 1.54) is 6.21 Å². The summed E-state index contributed by atoms with van der Waals surface area (Å²) in [6.45, 7) is 0. The van der Waals surface area contributed by atoms with E-state index < -0.39 is 23.1 Å². The van der Waals surface area contributed by atoms with Crippen LogP contribution in [0.3, 0.4) is 0 Å². The first-order valence-corrected chi connectivity index (χ1v) is 9.05. The molecule has 0 bridgehead atoms. The van der Waals surface area contributed by atoms with E-state index in [0.717, 1.165) is 11.8 Å². The van der Waals surface area contributed by atoms with Crippen LogP contribution < -0.4 is 15.2 Å². The number of esters is 1. The molecule has 1 heterocycles. The van der Waals surface area contributed by atoms with Gasteiger partial charge in [0.1, 0.15) is 5.75 Å². The number of carbonyl (C=O) groups excluding carboxylic acids is 3. The highest BCUT2D eigenvalue weighted by Gasteiger charge is 2.30. The number of hydrogen-bond donors (Lipinski definition) is 1. The van der Waals surface area contributed by atoms with Gasteiger partial charge in [0, 0.05) is 12.4 Å². The first-order chi connectivity index (χ1) is 13.5. The van der Waals surface area contributed by atoms with Crippen LogP contribution in [-0.4, -0.2) is 34.5 Å². The summed E-state index contributed by atoms with van der Waals surface area (Å²) >= 11 is 0.987. The summed E-state index contributed by atoms with van der Waals surface area (Å²) in [5.41, 5.74) is 1.15. The number of carboxylic acids is 1. The molecule has 0 unspecified atom stereocenters. The zero-order valence-electron chi connectivity index (χ0n) is 14.4. The predicted octanol–water partition coefficient (Wildman–Crippen LogP) is 0.967. The van der Waals surface area contributed by atoms with Crippen molar-refractivity contribution in [2.45, 2.75) is 11.7 Å². The number of nitrogens with zero attached hydrogens (tertiary/aromatic N) is 2. The fourth-order valence-corrected chi connectivity index (χ4v) is 3.16. The number of hydrogen-bond acceptors (Lipinski definition) is 8. The van der Waals surface area contributed by atoms with E-state index in [9.17, 15) is 19.5 Å². The van der Waals surface area contributed by atoms with Gasteiger partial charge in [0.2, 0.25) is 5.91 Å². The minimum absolute atomic E-state index is 0.223. The van der Waals surface area contributed by atoms with Crippen LogP contribution in [0.5, 0.6) is 5.75 Å². The lowest BCUT2D eigenvalue weighted by Gasteiger charge is -2.04. The van der Waals surface area contributed by atoms with Crippen LogP contribution in [0, 0.1) is 0 Å². The maximum absolute atomic E-state index is 12.0. The number of amidine groups is 1. The molecular weight excluding hydrogens is 382 g/mol. The Morgan fingerprint density at radius 1 is 1.14 bits per heavy atom. The highest BCUT2D eigenvalue weighted by molar-refractivity contribution is 8.15. The van der Waals surface area contributed by atoms with Crippen molar-refractivity contribution in [3.05, 3.63) is 65.7 Å². The number of benzene rings is 2. The molecule has 1 aliphatic rings. The highest BCUT2D eigenvalue weighted by Crippen LogP contribution is 2.22. The summed E-state index contributed by atoms with van der Waals surface area (Å²) in [4.78, 5) is 34.2. The minimum Gasteiger partial charge on any atom is -0.550 e. The number of amides is 1. The molecule has 28 heavy (non-hydrogen) atoms. The zero-order chi connectivity index (χ0) is 19.9. The van der Waals surface area contributed by atoms with Crippen LogP contribution in [-0.2, 0) is 9.59 Å². The fraction of sp³-hybridized carbons (Fsp3) is 0.105. The second kappa shape index (κ2) is 8.96. The molecule has 1 amide bonds. The lowest BCUT2D eigenvalue weighted by molar-refractivity contribution is -0.305. The van der Waals surface area contributed by atoms with Crippen molar-refractivity contribution in [2.75, 3.05) is 0 Å². The van der Waals surface area contributed by atoms with Crippen LogP contribution in [0.25, 0.3) is 0 Å². The van der Waals surface area contributed by atoms with Crippen molar-refractivity contribution in [1.29, 1.82) is 0 Å². The molecule has 1 atom stereocenters. The third kappa shape index (κ3) is 5.27. The van der Waals surface area contributed by atoms with Crippen molar-refractivity contribution < 1.29 is 24.2 Å². The van der Waals surface area contributed by atoms with Gasteiger partial charge in [0.25, 0.3) is 0 Å². The van der Waals surface area contributed by atoms with Gasteiger partial charge in [-0.3, -0.25) is 4.79 Å². The van der Waals surface area contributed by atoms with Crippen molar-refractivity contribution in [1.82, 2.24) is 5.32 Å². The van der Waals surface area contributed by atoms with E-state index in [1.54, 1.807) is 48.5 Å². The van der Waals surface area contributed by atoms with Gasteiger partial charge in [0.15, 0.2) is 5.17 Å². The van der Waals surface area contributed by atoms with Crippen LogP contribution in [0.2, 0.25) is 0 Å². The summed E-state index contributed by atoms with van der Waals surface area (Å²) in [5.74, 6) is -1.80. The van der Waals surface area contributed by atoms with Crippen molar-refractivity contribution >= 4 is 41.0 Å². The van der Waals surface area contributed by atoms with E-state index in [1.807, 2.05) is 6.07 Å². The van der Waals surface area contributed by atoms with Crippen LogP contribution in [0.4, 0.5) is 0 Å². The quantitative estimate of drug-likeness (QED) is 0.336. The molecule has 3 rings (SSSR count). The molecular formula is C19H14N3O5S-. The molecule has 142 valence electrons. The van der Waals surface area contributed by atoms with Gasteiger partial charge in [0.05, 0.1) is 17.0 Å². The number of ether oxygens (including phenoxy) is 1. The Morgan fingerprint density at radius 2 is 1.86 bits per heavy atom. The Kier molecular flexibility index (Phi) is 6.18. The fourth-order valence-electron chi connectivity index (χ4n) is 2.25. The van der Waals surface area contributed by atoms with Gasteiger partial charge in [-0.25, -0.2) is 4.79 Å². The molecule has 1 fully saturated rings. The number of carboxylic acid groups (broad SMARTS) is 1. The molecule has 2 aromatic carbocycles. The molecule has 1 N–H and O–H groups in total. The zero-order valence-corrected chi connectivity index (χ0v) is 15.2. The average molecular weight is 396 g/mol. The van der Waals surface area contributed by atoms with Gasteiger partial charge in [-0.1, -0.05) is 30.0 Å². The number of nitrogens with one attached hydrogen (secondary N) is 1. The van der Waals surface area contributed by atoms with E-state index >= 15 is 0 Å². The SMILES string of the molecule is O=C([O-])C[C@H]1S/C(=N/N=C\c2ccc(OC(=O)c3ccccc3)cc2)NC1=O. The maximum Gasteiger partial charge on any atom is 0.343 e. The van der Waals surface area contributed by atoms with Crippen molar-refractivity contribution in [3.63, 3.8) is 0 Å². The molecule has 1 saturated heterocycles. The molecule has 0 radical (unpaired) electrons. The summed E-state index contributed by atoms with van der Waals surface area (Å²) < 4.78 is 5.28. The summed E-state index contributed by atoms with van der Waals surface area (Å²) in [5, 5.41) is 20.2. The summed E-state index contributed by atoms with van der Waals surface area (Å²) in [6, 6.07) is 15.3. The van der Waals surface area contributed by atoms with Gasteiger partial charge < -0.3 is 20.0 Å². The van der Waals surface area contributed by atoms with Gasteiger partial charge in [-0.2, -0.15) is 5.10 Å². The van der Waals surface area contributed by atoms with Crippen molar-refractivity contribution in [2.24, 2.45) is 10.2 Å². The molecule has 0 saturated carbocycles. The molecule has 9 heteroatoms. The van der Waals surface area contributed by atoms with Crippen LogP contribution in [0.1, 0.15) is 22.3 Å². The smallest absolute Gasteiger partial charge is 0.343 e. The number of rotatable bonds is 6. The molecule has 1 aliphatic heterocycles. The van der Waals surface area contributed by atoms with Crippen molar-refractivity contribution in [3.8, 4) is 5.75 Å². The number of carbonyl (C=O) groups is 3. The predicted molar refractivity (Wildman–Crippen MR) is 102 cm³/mol. The first kappa shape index (κ1) is 19.3. The van der Waals surface area contributed by atoms with E-state index in [4.69, 9.17) is 4.74 Å². The lowest BCUT2D eigenvalue weighted by atomic mass is 10.2. The minimum atomic E-state index is -1.30. The van der Waals surface area contributed by atoms with Gasteiger partial charge in [-0.15, -0.1) is 5.10 Å². The first-order valence-electron chi connectivity index (χ1n) is 8.17. The molecule has 0 spiro atoms. The highest BCUT2D eigenvalue weighted by atomic mass is 32.2. The standard InChI is InChI=1S/C19H15N3O5S/c23-16(24)10-15-17(25)21-19(28-15)22-20-11-12-6-8-14(9-7-12)27-18(26)13-4-2-1-3-5-13/h1-9,11,15H,10H2,(H,23,24)(H,21,22,25)/p-1/b20-11-/t15-/m1/s1. The number of aliphatic carboxylic acids is 1. The normalized spacial score (nSPS) is 17.6. The third-order valence-corrected chi connectivity index (χ3v) is 4.66. The van der Waals surface area contributed by atoms with E-state index in [2.05, 4.69) is 15.5 Å². The second-order valence-corrected chi connectivity index (χ2v) is 6.84. The molecule has 0 aromatic heterocycles. The van der Waals surface area contributed by atoms with Crippen LogP contribution in [0.15, 0.2) is 64.8 Å². The Labute approximate surface area is 164 Å². The summed E-state index contributed by atoms with van der Waals surface area (Å²) in [7, 11) is 0. The Bertz CT molecular complexity index is 942. The van der Waals surface area contributed by atoms with E-state index in [0.29, 0.717) is 16.9 Å². The van der Waals surface area contributed by atoms with Crippen LogP contribution >= 0.6 is 11.8 Å². The largest absolute Gasteiger partial charge is 0.550 e. The molecule has 8 nitrogen and oxygen atoms in total. The van der Waals surface area contributed by atoms with Gasteiger partial charge in [-0.05, 0) is 42.0 Å². The average Bonchev–Trinajstić information content (AvgIpc) is 3.02. The summed E-state index contributed by atoms with van der Waals surface area (Å²) in [6.07, 6.45) is 1.07. The molecule has 2 aromatic rings. The maximum atomic E-state index is 12.0. The third-order valence-electron chi connectivity index (χ3n) is 3.58. The lowest BCUT2D eigenvalue weighted by Crippen LogP contribution is -2.31. The molecule has 0 aliphatic carbocycles. The van der Waals surface area contributed by atoms with Gasteiger partial charge >= 0.3 is 5.97 Å².